The average Bonchev–Trinajstić information content (AvgIpc) is 3.62. The molecule has 12 nitrogen and oxygen atoms in total. The first-order valence-electron chi connectivity index (χ1n) is 15.5. The summed E-state index contributed by atoms with van der Waals surface area (Å²) in [6.45, 7) is 7.34. The van der Waals surface area contributed by atoms with Crippen LogP contribution in [0.4, 0.5) is 21.7 Å². The summed E-state index contributed by atoms with van der Waals surface area (Å²) in [5.74, 6) is 0.558. The summed E-state index contributed by atoms with van der Waals surface area (Å²) in [5.41, 5.74) is 1.02. The number of piperazine rings is 1. The van der Waals surface area contributed by atoms with Crippen LogP contribution >= 0.6 is 0 Å². The predicted octanol–water partition coefficient (Wildman–Crippen LogP) is 3.50. The molecule has 2 N–H and O–H groups in total. The molecule has 0 radical (unpaired) electrons. The van der Waals surface area contributed by atoms with Crippen LogP contribution in [0.1, 0.15) is 38.3 Å². The first kappa shape index (κ1) is 30.6. The monoisotopic (exact) mass is 637 g/mol. The van der Waals surface area contributed by atoms with Crippen molar-refractivity contribution in [2.75, 3.05) is 30.4 Å². The normalized spacial score (nSPS) is 18.0. The molecule has 5 heterocycles. The highest BCUT2D eigenvalue weighted by atomic mass is 19.1. The van der Waals surface area contributed by atoms with Gasteiger partial charge in [-0.3, -0.25) is 14.5 Å². The van der Waals surface area contributed by atoms with Gasteiger partial charge in [0.15, 0.2) is 0 Å². The Morgan fingerprint density at radius 2 is 1.81 bits per heavy atom. The summed E-state index contributed by atoms with van der Waals surface area (Å²) in [6, 6.07) is 10.7. The van der Waals surface area contributed by atoms with Crippen molar-refractivity contribution in [2.24, 2.45) is 7.05 Å². The van der Waals surface area contributed by atoms with Crippen LogP contribution < -0.4 is 21.3 Å². The molecule has 5 aromatic rings. The van der Waals surface area contributed by atoms with Crippen molar-refractivity contribution < 1.29 is 9.50 Å². The number of nitrogens with one attached hydrogen (secondary N) is 1. The van der Waals surface area contributed by atoms with E-state index >= 15 is 4.39 Å². The summed E-state index contributed by atoms with van der Waals surface area (Å²) in [6.07, 6.45) is 5.88. The van der Waals surface area contributed by atoms with E-state index in [2.05, 4.69) is 42.3 Å². The van der Waals surface area contributed by atoms with Crippen molar-refractivity contribution in [2.45, 2.75) is 51.3 Å². The summed E-state index contributed by atoms with van der Waals surface area (Å²) in [4.78, 5) is 40.5. The standard InChI is InChI=1S/C34H36FN9O3/c1-34(2,3)20-9-19-13-38-44(33(47)31(19)25(35)10-20)28-8-6-7-23(24(28)18-45)26-12-27(32(46)42(5)40-26)39-29-14-37-30(15-36-29)43-17-21-11-22(43)16-41(21)4/h6-10,12-15,21-22,45H,11,16-18H2,1-5H3,(H,36,39)/t21-,22-/m0/s1. The zero-order valence-corrected chi connectivity index (χ0v) is 26.9. The lowest BCUT2D eigenvalue weighted by atomic mass is 9.86. The number of aromatic nitrogens is 6. The van der Waals surface area contributed by atoms with E-state index in [4.69, 9.17) is 0 Å². The molecule has 3 aromatic heterocycles. The summed E-state index contributed by atoms with van der Waals surface area (Å²) < 4.78 is 17.6. The number of benzene rings is 2. The molecule has 13 heteroatoms. The smallest absolute Gasteiger partial charge is 0.290 e. The van der Waals surface area contributed by atoms with Gasteiger partial charge >= 0.3 is 0 Å². The summed E-state index contributed by atoms with van der Waals surface area (Å²) in [5, 5.41) is 22.7. The molecule has 2 aliphatic heterocycles. The van der Waals surface area contributed by atoms with Crippen LogP contribution in [0.3, 0.4) is 0 Å². The third kappa shape index (κ3) is 5.34. The van der Waals surface area contributed by atoms with Crippen molar-refractivity contribution in [3.8, 4) is 16.9 Å². The Morgan fingerprint density at radius 1 is 1.00 bits per heavy atom. The molecule has 242 valence electrons. The molecule has 2 saturated heterocycles. The van der Waals surface area contributed by atoms with E-state index < -0.39 is 23.5 Å². The van der Waals surface area contributed by atoms with Crippen LogP contribution in [0.25, 0.3) is 27.7 Å². The van der Waals surface area contributed by atoms with E-state index in [1.165, 1.54) is 24.0 Å². The minimum absolute atomic E-state index is 0.0919. The van der Waals surface area contributed by atoms with Crippen LogP contribution in [0, 0.1) is 5.82 Å². The zero-order valence-electron chi connectivity index (χ0n) is 26.9. The Hall–Kier alpha value is -5.01. The topological polar surface area (TPSA) is 134 Å². The van der Waals surface area contributed by atoms with Gasteiger partial charge in [-0.25, -0.2) is 19.0 Å². The molecule has 2 atom stereocenters. The molecule has 47 heavy (non-hydrogen) atoms. The largest absolute Gasteiger partial charge is 0.392 e. The predicted molar refractivity (Wildman–Crippen MR) is 178 cm³/mol. The van der Waals surface area contributed by atoms with Crippen molar-refractivity contribution in [1.29, 1.82) is 0 Å². The van der Waals surface area contributed by atoms with Crippen LogP contribution in [0.15, 0.2) is 64.6 Å². The van der Waals surface area contributed by atoms with E-state index in [9.17, 15) is 14.7 Å². The molecule has 0 saturated carbocycles. The van der Waals surface area contributed by atoms with Crippen LogP contribution in [0.5, 0.6) is 0 Å². The van der Waals surface area contributed by atoms with Crippen LogP contribution in [-0.2, 0) is 19.1 Å². The highest BCUT2D eigenvalue weighted by molar-refractivity contribution is 5.83. The number of aryl methyl sites for hydroxylation is 1. The van der Waals surface area contributed by atoms with Gasteiger partial charge < -0.3 is 15.3 Å². The third-order valence-corrected chi connectivity index (χ3v) is 9.29. The number of anilines is 3. The van der Waals surface area contributed by atoms with Crippen LogP contribution in [-0.4, -0.2) is 71.8 Å². The first-order chi connectivity index (χ1) is 22.4. The number of nitrogens with zero attached hydrogens (tertiary/aromatic N) is 8. The highest BCUT2D eigenvalue weighted by Gasteiger charge is 2.42. The van der Waals surface area contributed by atoms with Gasteiger partial charge in [-0.2, -0.15) is 14.9 Å². The quantitative estimate of drug-likeness (QED) is 0.285. The van der Waals surface area contributed by atoms with Gasteiger partial charge in [-0.05, 0) is 48.7 Å². The number of aliphatic hydroxyl groups is 1. The van der Waals surface area contributed by atoms with Gasteiger partial charge in [-0.1, -0.05) is 32.9 Å². The Balaban J connectivity index is 1.23. The minimum atomic E-state index is -0.654. The molecule has 2 fully saturated rings. The average molecular weight is 638 g/mol. The second-order valence-corrected chi connectivity index (χ2v) is 13.4. The molecule has 0 unspecified atom stereocenters. The van der Waals surface area contributed by atoms with Crippen LogP contribution in [0.2, 0.25) is 0 Å². The Kier molecular flexibility index (Phi) is 7.40. The van der Waals surface area contributed by atoms with E-state index in [0.29, 0.717) is 40.1 Å². The molecule has 0 spiro atoms. The Morgan fingerprint density at radius 3 is 2.47 bits per heavy atom. The van der Waals surface area contributed by atoms with Crippen molar-refractivity contribution >= 4 is 28.1 Å². The van der Waals surface area contributed by atoms with Gasteiger partial charge in [0.2, 0.25) is 0 Å². The number of likely N-dealkylation sites (N-methyl/N-ethyl adjacent to an activating group) is 1. The number of likely N-dealkylation sites (tertiary alicyclic amines) is 1. The van der Waals surface area contributed by atoms with Gasteiger partial charge in [-0.15, -0.1) is 0 Å². The third-order valence-electron chi connectivity index (χ3n) is 9.29. The molecule has 7 rings (SSSR count). The molecule has 0 aliphatic carbocycles. The maximum atomic E-state index is 15.4. The highest BCUT2D eigenvalue weighted by Crippen LogP contribution is 2.33. The fourth-order valence-corrected chi connectivity index (χ4v) is 6.67. The maximum absolute atomic E-state index is 15.4. The van der Waals surface area contributed by atoms with Crippen molar-refractivity contribution in [3.63, 3.8) is 0 Å². The SMILES string of the molecule is CN1C[C@@H]2C[C@H]1CN2c1cnc(Nc2cc(-c3cccc(-n4ncc5cc(C(C)(C)C)cc(F)c5c4=O)c3CO)nn(C)c2=O)cn1. The second-order valence-electron chi connectivity index (χ2n) is 13.4. The molecule has 2 aromatic carbocycles. The van der Waals surface area contributed by atoms with Gasteiger partial charge in [0.05, 0.1) is 42.0 Å². The minimum Gasteiger partial charge on any atom is -0.392 e. The lowest BCUT2D eigenvalue weighted by molar-refractivity contribution is 0.281. The molecule has 2 aliphatic rings. The molecule has 0 amide bonds. The zero-order chi connectivity index (χ0) is 33.2. The lowest BCUT2D eigenvalue weighted by Gasteiger charge is -2.32. The fourth-order valence-electron chi connectivity index (χ4n) is 6.67. The van der Waals surface area contributed by atoms with E-state index in [-0.39, 0.29) is 22.2 Å². The second kappa shape index (κ2) is 11.4. The first-order valence-corrected chi connectivity index (χ1v) is 15.5. The van der Waals surface area contributed by atoms with Crippen molar-refractivity contribution in [1.82, 2.24) is 34.4 Å². The Bertz CT molecular complexity index is 2140. The Labute approximate surface area is 270 Å². The lowest BCUT2D eigenvalue weighted by Crippen LogP contribution is -2.44. The van der Waals surface area contributed by atoms with Gasteiger partial charge in [0.25, 0.3) is 11.1 Å². The fraction of sp³-hybridized carbons (Fsp3) is 0.353. The number of hydrogen-bond donors (Lipinski definition) is 2. The number of fused-ring (bicyclic) bond motifs is 3. The number of rotatable bonds is 6. The molecular weight excluding hydrogens is 601 g/mol. The summed E-state index contributed by atoms with van der Waals surface area (Å²) >= 11 is 0. The summed E-state index contributed by atoms with van der Waals surface area (Å²) in [7, 11) is 3.67. The van der Waals surface area contributed by atoms with E-state index in [0.717, 1.165) is 35.6 Å². The van der Waals surface area contributed by atoms with E-state index in [1.54, 1.807) is 42.7 Å². The molecular formula is C34H36FN9O3. The van der Waals surface area contributed by atoms with Crippen molar-refractivity contribution in [3.05, 3.63) is 92.6 Å². The number of aliphatic hydroxyl groups excluding tert-OH is 1. The number of halogens is 1. The molecule has 2 bridgehead atoms. The van der Waals surface area contributed by atoms with Gasteiger partial charge in [0.1, 0.15) is 23.1 Å². The van der Waals surface area contributed by atoms with Gasteiger partial charge in [0, 0.05) is 48.7 Å². The van der Waals surface area contributed by atoms with E-state index in [1.807, 2.05) is 20.8 Å². The number of hydrogen-bond acceptors (Lipinski definition) is 10. The maximum Gasteiger partial charge on any atom is 0.290 e.